The molecule has 0 heterocycles. The third-order valence-electron chi connectivity index (χ3n) is 4.02. The Morgan fingerprint density at radius 1 is 1.11 bits per heavy atom. The van der Waals surface area contributed by atoms with Gasteiger partial charge < -0.3 is 9.47 Å². The number of hydrogen-bond acceptors (Lipinski definition) is 5. The fourth-order valence-electron chi connectivity index (χ4n) is 2.62. The summed E-state index contributed by atoms with van der Waals surface area (Å²) < 4.78 is 10.7. The minimum absolute atomic E-state index is 0.201. The predicted octanol–water partition coefficient (Wildman–Crippen LogP) is 4.75. The second-order valence-corrected chi connectivity index (χ2v) is 7.29. The summed E-state index contributed by atoms with van der Waals surface area (Å²) in [6, 6.07) is 16.9. The van der Waals surface area contributed by atoms with Crippen LogP contribution >= 0.6 is 23.4 Å². The van der Waals surface area contributed by atoms with Crippen LogP contribution in [0, 0.1) is 0 Å². The molecule has 144 valence electrons. The molecule has 0 bridgehead atoms. The van der Waals surface area contributed by atoms with Crippen molar-refractivity contribution in [1.29, 1.82) is 0 Å². The summed E-state index contributed by atoms with van der Waals surface area (Å²) in [6.45, 7) is 0. The van der Waals surface area contributed by atoms with E-state index in [1.165, 1.54) is 11.8 Å². The Bertz CT molecular complexity index is 1000. The van der Waals surface area contributed by atoms with Crippen LogP contribution in [-0.4, -0.2) is 32.1 Å². The molecule has 0 unspecified atom stereocenters. The van der Waals surface area contributed by atoms with E-state index < -0.39 is 0 Å². The molecule has 0 aromatic heterocycles. The first-order valence-electron chi connectivity index (χ1n) is 8.45. The number of hydrazone groups is 1. The average Bonchev–Trinajstić information content (AvgIpc) is 2.73. The molecule has 1 N–H and O–H groups in total. The molecule has 3 aromatic rings. The zero-order valence-corrected chi connectivity index (χ0v) is 17.0. The van der Waals surface area contributed by atoms with Crippen LogP contribution in [0.25, 0.3) is 10.8 Å². The van der Waals surface area contributed by atoms with Gasteiger partial charge in [-0.3, -0.25) is 4.79 Å². The van der Waals surface area contributed by atoms with Gasteiger partial charge in [0.2, 0.25) is 5.91 Å². The normalized spacial score (nSPS) is 11.0. The van der Waals surface area contributed by atoms with E-state index in [0.717, 1.165) is 27.0 Å². The molecule has 5 nitrogen and oxygen atoms in total. The van der Waals surface area contributed by atoms with Gasteiger partial charge in [0, 0.05) is 15.5 Å². The summed E-state index contributed by atoms with van der Waals surface area (Å²) >= 11 is 7.27. The molecule has 28 heavy (non-hydrogen) atoms. The summed E-state index contributed by atoms with van der Waals surface area (Å²) in [4.78, 5) is 13.0. The molecule has 0 radical (unpaired) electrons. The van der Waals surface area contributed by atoms with E-state index in [4.69, 9.17) is 21.1 Å². The first-order valence-corrected chi connectivity index (χ1v) is 9.82. The van der Waals surface area contributed by atoms with Gasteiger partial charge in [-0.05, 0) is 53.2 Å². The Labute approximate surface area is 172 Å². The Kier molecular flexibility index (Phi) is 6.79. The van der Waals surface area contributed by atoms with Crippen LogP contribution in [0.3, 0.4) is 0 Å². The second kappa shape index (κ2) is 9.48. The maximum absolute atomic E-state index is 12.1. The van der Waals surface area contributed by atoms with Gasteiger partial charge in [0.05, 0.1) is 26.2 Å². The quantitative estimate of drug-likeness (QED) is 0.344. The number of rotatable bonds is 7. The van der Waals surface area contributed by atoms with E-state index in [0.29, 0.717) is 10.8 Å². The number of fused-ring (bicyclic) bond motifs is 1. The summed E-state index contributed by atoms with van der Waals surface area (Å²) in [5.41, 5.74) is 3.32. The predicted molar refractivity (Wildman–Crippen MR) is 115 cm³/mol. The standard InChI is InChI=1S/C21H19ClN2O3S/c1-26-16-7-3-14-4-10-20(27-2)19(18(14)11-16)12-23-24-21(25)13-28-17-8-5-15(22)6-9-17/h3-12H,13H2,1-2H3,(H,24,25)/b23-12-. The lowest BCUT2D eigenvalue weighted by atomic mass is 10.0. The summed E-state index contributed by atoms with van der Waals surface area (Å²) in [5, 5.41) is 6.71. The van der Waals surface area contributed by atoms with Crippen molar-refractivity contribution >= 4 is 46.3 Å². The Morgan fingerprint density at radius 2 is 1.86 bits per heavy atom. The molecule has 0 saturated heterocycles. The second-order valence-electron chi connectivity index (χ2n) is 5.80. The van der Waals surface area contributed by atoms with Crippen LogP contribution in [0.4, 0.5) is 0 Å². The van der Waals surface area contributed by atoms with Crippen molar-refractivity contribution in [1.82, 2.24) is 5.43 Å². The topological polar surface area (TPSA) is 59.9 Å². The Morgan fingerprint density at radius 3 is 2.57 bits per heavy atom. The number of methoxy groups -OCH3 is 2. The van der Waals surface area contributed by atoms with Gasteiger partial charge in [0.1, 0.15) is 11.5 Å². The summed E-state index contributed by atoms with van der Waals surface area (Å²) in [7, 11) is 3.22. The number of amides is 1. The van der Waals surface area contributed by atoms with E-state index in [1.807, 2.05) is 42.5 Å². The molecule has 7 heteroatoms. The number of halogens is 1. The van der Waals surface area contributed by atoms with Crippen LogP contribution in [-0.2, 0) is 4.79 Å². The van der Waals surface area contributed by atoms with Crippen molar-refractivity contribution in [3.05, 3.63) is 65.2 Å². The summed E-state index contributed by atoms with van der Waals surface area (Å²) in [5.74, 6) is 1.44. The van der Waals surface area contributed by atoms with Gasteiger partial charge in [-0.2, -0.15) is 5.10 Å². The fraction of sp³-hybridized carbons (Fsp3) is 0.143. The number of nitrogens with one attached hydrogen (secondary N) is 1. The van der Waals surface area contributed by atoms with Crippen LogP contribution in [0.5, 0.6) is 11.5 Å². The molecule has 0 aliphatic rings. The lowest BCUT2D eigenvalue weighted by Gasteiger charge is -2.10. The lowest BCUT2D eigenvalue weighted by molar-refractivity contribution is -0.118. The maximum Gasteiger partial charge on any atom is 0.250 e. The molecule has 0 aliphatic heterocycles. The van der Waals surface area contributed by atoms with Gasteiger partial charge in [0.25, 0.3) is 0 Å². The first kappa shape index (κ1) is 20.0. The molecular weight excluding hydrogens is 396 g/mol. The van der Waals surface area contributed by atoms with E-state index >= 15 is 0 Å². The van der Waals surface area contributed by atoms with Crippen molar-refractivity contribution in [2.75, 3.05) is 20.0 Å². The molecule has 3 aromatic carbocycles. The molecular formula is C21H19ClN2O3S. The monoisotopic (exact) mass is 414 g/mol. The first-order chi connectivity index (χ1) is 13.6. The lowest BCUT2D eigenvalue weighted by Crippen LogP contribution is -2.19. The van der Waals surface area contributed by atoms with E-state index in [-0.39, 0.29) is 11.7 Å². The number of carbonyl (C=O) groups excluding carboxylic acids is 1. The number of nitrogens with zero attached hydrogens (tertiary/aromatic N) is 1. The van der Waals surface area contributed by atoms with Gasteiger partial charge in [-0.1, -0.05) is 23.7 Å². The maximum atomic E-state index is 12.1. The van der Waals surface area contributed by atoms with Crippen molar-refractivity contribution in [2.24, 2.45) is 5.10 Å². The third-order valence-corrected chi connectivity index (χ3v) is 5.28. The van der Waals surface area contributed by atoms with Crippen molar-refractivity contribution in [2.45, 2.75) is 4.90 Å². The highest BCUT2D eigenvalue weighted by atomic mass is 35.5. The third kappa shape index (κ3) is 4.97. The SMILES string of the molecule is COc1ccc2ccc(OC)c(/C=N\NC(=O)CSc3ccc(Cl)cc3)c2c1. The van der Waals surface area contributed by atoms with Gasteiger partial charge in [0.15, 0.2) is 0 Å². The van der Waals surface area contributed by atoms with Gasteiger partial charge in [-0.15, -0.1) is 11.8 Å². The van der Waals surface area contributed by atoms with Crippen LogP contribution in [0.2, 0.25) is 5.02 Å². The number of benzene rings is 3. The highest BCUT2D eigenvalue weighted by molar-refractivity contribution is 8.00. The van der Waals surface area contributed by atoms with Crippen LogP contribution < -0.4 is 14.9 Å². The molecule has 0 spiro atoms. The van der Waals surface area contributed by atoms with Crippen molar-refractivity contribution in [3.63, 3.8) is 0 Å². The van der Waals surface area contributed by atoms with Gasteiger partial charge in [-0.25, -0.2) is 5.43 Å². The van der Waals surface area contributed by atoms with Crippen molar-refractivity contribution in [3.8, 4) is 11.5 Å². The van der Waals surface area contributed by atoms with Crippen LogP contribution in [0.15, 0.2) is 64.6 Å². The largest absolute Gasteiger partial charge is 0.497 e. The Hall–Kier alpha value is -2.70. The molecule has 0 saturated carbocycles. The van der Waals surface area contributed by atoms with E-state index in [2.05, 4.69) is 10.5 Å². The zero-order chi connectivity index (χ0) is 19.9. The minimum atomic E-state index is -0.201. The highest BCUT2D eigenvalue weighted by Gasteiger charge is 2.08. The van der Waals surface area contributed by atoms with Crippen molar-refractivity contribution < 1.29 is 14.3 Å². The molecule has 0 fully saturated rings. The smallest absolute Gasteiger partial charge is 0.250 e. The highest BCUT2D eigenvalue weighted by Crippen LogP contribution is 2.29. The molecule has 1 amide bonds. The summed E-state index contributed by atoms with van der Waals surface area (Å²) in [6.07, 6.45) is 1.59. The zero-order valence-electron chi connectivity index (χ0n) is 15.4. The molecule has 0 atom stereocenters. The van der Waals surface area contributed by atoms with Crippen LogP contribution in [0.1, 0.15) is 5.56 Å². The Balaban J connectivity index is 1.71. The number of carbonyl (C=O) groups is 1. The van der Waals surface area contributed by atoms with E-state index in [9.17, 15) is 4.79 Å². The number of thioether (sulfide) groups is 1. The molecule has 3 rings (SSSR count). The number of hydrogen-bond donors (Lipinski definition) is 1. The fourth-order valence-corrected chi connectivity index (χ4v) is 3.44. The van der Waals surface area contributed by atoms with E-state index in [1.54, 1.807) is 32.6 Å². The van der Waals surface area contributed by atoms with Gasteiger partial charge >= 0.3 is 0 Å². The molecule has 0 aliphatic carbocycles. The minimum Gasteiger partial charge on any atom is -0.497 e. The number of ether oxygens (including phenoxy) is 2. The average molecular weight is 415 g/mol.